The third-order valence-corrected chi connectivity index (χ3v) is 7.19. The molecule has 33 heavy (non-hydrogen) atoms. The lowest BCUT2D eigenvalue weighted by molar-refractivity contribution is -0.117. The fourth-order valence-electron chi connectivity index (χ4n) is 4.82. The molecule has 0 aliphatic carbocycles. The van der Waals surface area contributed by atoms with Crippen molar-refractivity contribution in [1.82, 2.24) is 24.6 Å². The Labute approximate surface area is 199 Å². The molecule has 0 saturated carbocycles. The fourth-order valence-corrected chi connectivity index (χ4v) is 5.26. The topological polar surface area (TPSA) is 66.8 Å². The lowest BCUT2D eigenvalue weighted by Crippen LogP contribution is -2.20. The van der Waals surface area contributed by atoms with Crippen molar-refractivity contribution >= 4 is 44.3 Å². The molecule has 0 bridgehead atoms. The maximum Gasteiger partial charge on any atom is 0.209 e. The van der Waals surface area contributed by atoms with Crippen molar-refractivity contribution in [1.29, 1.82) is 0 Å². The number of nitrogens with one attached hydrogen (secondary N) is 1. The molecule has 1 saturated heterocycles. The van der Waals surface area contributed by atoms with Crippen molar-refractivity contribution in [3.05, 3.63) is 71.3 Å². The number of carbonyl (C=O) groups is 1. The molecule has 0 spiro atoms. The normalized spacial score (nSPS) is 16.2. The zero-order chi connectivity index (χ0) is 22.4. The van der Waals surface area contributed by atoms with Gasteiger partial charge in [-0.2, -0.15) is 5.10 Å². The maximum atomic E-state index is 11.2. The molecule has 7 heteroatoms. The average Bonchev–Trinajstić information content (AvgIpc) is 3.58. The van der Waals surface area contributed by atoms with E-state index in [2.05, 4.69) is 85.3 Å². The second-order valence-corrected chi connectivity index (χ2v) is 9.51. The minimum absolute atomic E-state index is 0.422. The molecule has 6 rings (SSSR count). The van der Waals surface area contributed by atoms with Crippen molar-refractivity contribution in [2.75, 3.05) is 13.1 Å². The number of aromatic nitrogens is 4. The smallest absolute Gasteiger partial charge is 0.209 e. The van der Waals surface area contributed by atoms with Gasteiger partial charge in [-0.25, -0.2) is 4.98 Å². The Kier molecular flexibility index (Phi) is 4.99. The minimum atomic E-state index is 0.422. The summed E-state index contributed by atoms with van der Waals surface area (Å²) < 4.78 is 3.30. The SMILES string of the molecule is O=CN1CCC(Cn2c(-c3ccc(-c4ccc5[nH]ncc5c4)cc3)nc3c(Br)cccc32)C1. The number of H-pyrrole nitrogens is 1. The molecule has 164 valence electrons. The Balaban J connectivity index is 1.38. The van der Waals surface area contributed by atoms with Gasteiger partial charge in [0.15, 0.2) is 0 Å². The molecular weight excluding hydrogens is 478 g/mol. The van der Waals surface area contributed by atoms with Crippen molar-refractivity contribution in [2.24, 2.45) is 5.92 Å². The zero-order valence-corrected chi connectivity index (χ0v) is 19.5. The average molecular weight is 500 g/mol. The molecular formula is C26H22BrN5O. The van der Waals surface area contributed by atoms with Gasteiger partial charge in [0.25, 0.3) is 0 Å². The molecule has 3 aromatic carbocycles. The van der Waals surface area contributed by atoms with Gasteiger partial charge in [0, 0.05) is 35.1 Å². The molecule has 1 N–H and O–H groups in total. The van der Waals surface area contributed by atoms with E-state index >= 15 is 0 Å². The van der Waals surface area contributed by atoms with Gasteiger partial charge in [0.05, 0.1) is 17.2 Å². The predicted octanol–water partition coefficient (Wildman–Crippen LogP) is 5.49. The Morgan fingerprint density at radius 1 is 1.06 bits per heavy atom. The van der Waals surface area contributed by atoms with E-state index < -0.39 is 0 Å². The summed E-state index contributed by atoms with van der Waals surface area (Å²) in [5, 5.41) is 8.22. The number of benzene rings is 3. The van der Waals surface area contributed by atoms with E-state index in [9.17, 15) is 4.79 Å². The number of para-hydroxylation sites is 1. The molecule has 5 aromatic rings. The summed E-state index contributed by atoms with van der Waals surface area (Å²) in [4.78, 5) is 18.1. The predicted molar refractivity (Wildman–Crippen MR) is 134 cm³/mol. The number of likely N-dealkylation sites (tertiary alicyclic amines) is 1. The highest BCUT2D eigenvalue weighted by molar-refractivity contribution is 9.10. The number of carbonyl (C=O) groups excluding carboxylic acids is 1. The van der Waals surface area contributed by atoms with Gasteiger partial charge in [0.2, 0.25) is 6.41 Å². The van der Waals surface area contributed by atoms with E-state index in [1.54, 1.807) is 0 Å². The number of hydrogen-bond acceptors (Lipinski definition) is 3. The summed E-state index contributed by atoms with van der Waals surface area (Å²) >= 11 is 3.67. The van der Waals surface area contributed by atoms with E-state index in [0.717, 1.165) is 81.4 Å². The van der Waals surface area contributed by atoms with Crippen LogP contribution in [0.1, 0.15) is 6.42 Å². The number of hydrogen-bond donors (Lipinski definition) is 1. The van der Waals surface area contributed by atoms with Crippen LogP contribution in [0.25, 0.3) is 44.5 Å². The lowest BCUT2D eigenvalue weighted by Gasteiger charge is -2.15. The largest absolute Gasteiger partial charge is 0.345 e. The van der Waals surface area contributed by atoms with E-state index in [-0.39, 0.29) is 0 Å². The van der Waals surface area contributed by atoms with Crippen molar-refractivity contribution in [3.8, 4) is 22.5 Å². The highest BCUT2D eigenvalue weighted by Gasteiger charge is 2.24. The molecule has 1 amide bonds. The van der Waals surface area contributed by atoms with Gasteiger partial charge in [-0.15, -0.1) is 0 Å². The highest BCUT2D eigenvalue weighted by Crippen LogP contribution is 2.33. The van der Waals surface area contributed by atoms with Crippen LogP contribution in [0.2, 0.25) is 0 Å². The van der Waals surface area contributed by atoms with Crippen LogP contribution < -0.4 is 0 Å². The highest BCUT2D eigenvalue weighted by atomic mass is 79.9. The number of amides is 1. The van der Waals surface area contributed by atoms with Gasteiger partial charge >= 0.3 is 0 Å². The van der Waals surface area contributed by atoms with Crippen molar-refractivity contribution in [2.45, 2.75) is 13.0 Å². The fraction of sp³-hybridized carbons (Fsp3) is 0.192. The molecule has 1 aliphatic rings. The van der Waals surface area contributed by atoms with Crippen LogP contribution in [-0.4, -0.2) is 44.1 Å². The second-order valence-electron chi connectivity index (χ2n) is 8.66. The summed E-state index contributed by atoms with van der Waals surface area (Å²) in [6.45, 7) is 2.47. The standard InChI is InChI=1S/C26H22BrN5O/c27-22-2-1-3-24-25(22)29-26(32(24)15-17-10-11-31(14-17)16-33)19-6-4-18(5-7-19)20-8-9-23-21(12-20)13-28-30-23/h1-9,12-13,16-17H,10-11,14-15H2,(H,28,30). The van der Waals surface area contributed by atoms with E-state index in [0.29, 0.717) is 5.92 Å². The van der Waals surface area contributed by atoms with Gasteiger partial charge in [-0.05, 0) is 63.7 Å². The molecule has 0 radical (unpaired) electrons. The first kappa shape index (κ1) is 20.2. The van der Waals surface area contributed by atoms with Gasteiger partial charge in [-0.1, -0.05) is 36.4 Å². The second kappa shape index (κ2) is 8.15. The first-order chi connectivity index (χ1) is 16.2. The Morgan fingerprint density at radius 2 is 1.88 bits per heavy atom. The summed E-state index contributed by atoms with van der Waals surface area (Å²) in [6, 6.07) is 21.1. The van der Waals surface area contributed by atoms with Gasteiger partial charge in [-0.3, -0.25) is 9.89 Å². The third-order valence-electron chi connectivity index (χ3n) is 6.55. The van der Waals surface area contributed by atoms with Crippen LogP contribution >= 0.6 is 15.9 Å². The van der Waals surface area contributed by atoms with Crippen molar-refractivity contribution < 1.29 is 4.79 Å². The molecule has 3 heterocycles. The van der Waals surface area contributed by atoms with Crippen LogP contribution in [0.15, 0.2) is 71.3 Å². The van der Waals surface area contributed by atoms with E-state index in [4.69, 9.17) is 4.98 Å². The lowest BCUT2D eigenvalue weighted by atomic mass is 10.0. The summed E-state index contributed by atoms with van der Waals surface area (Å²) in [5.41, 5.74) is 6.51. The molecule has 6 nitrogen and oxygen atoms in total. The third kappa shape index (κ3) is 3.62. The summed E-state index contributed by atoms with van der Waals surface area (Å²) in [5.74, 6) is 1.38. The Hall–Kier alpha value is -3.45. The summed E-state index contributed by atoms with van der Waals surface area (Å²) in [6.07, 6.45) is 3.83. The monoisotopic (exact) mass is 499 g/mol. The van der Waals surface area contributed by atoms with E-state index in [1.165, 1.54) is 0 Å². The first-order valence-corrected chi connectivity index (χ1v) is 11.9. The Morgan fingerprint density at radius 3 is 2.70 bits per heavy atom. The molecule has 1 aliphatic heterocycles. The number of aromatic amines is 1. The maximum absolute atomic E-state index is 11.2. The van der Waals surface area contributed by atoms with Crippen LogP contribution in [0.4, 0.5) is 0 Å². The molecule has 2 aromatic heterocycles. The number of imidazole rings is 1. The van der Waals surface area contributed by atoms with Gasteiger partial charge < -0.3 is 9.47 Å². The number of rotatable bonds is 5. The minimum Gasteiger partial charge on any atom is -0.345 e. The first-order valence-electron chi connectivity index (χ1n) is 11.1. The van der Waals surface area contributed by atoms with Crippen molar-refractivity contribution in [3.63, 3.8) is 0 Å². The number of fused-ring (bicyclic) bond motifs is 2. The quantitative estimate of drug-likeness (QED) is 0.325. The summed E-state index contributed by atoms with van der Waals surface area (Å²) in [7, 11) is 0. The van der Waals surface area contributed by atoms with Gasteiger partial charge in [0.1, 0.15) is 11.3 Å². The van der Waals surface area contributed by atoms with Crippen LogP contribution in [0, 0.1) is 5.92 Å². The Bertz CT molecular complexity index is 1470. The number of nitrogens with zero attached hydrogens (tertiary/aromatic N) is 4. The van der Waals surface area contributed by atoms with Crippen LogP contribution in [0.5, 0.6) is 0 Å². The molecule has 1 fully saturated rings. The molecule has 1 atom stereocenters. The molecule has 1 unspecified atom stereocenters. The zero-order valence-electron chi connectivity index (χ0n) is 17.9. The number of halogens is 1. The van der Waals surface area contributed by atoms with E-state index in [1.807, 2.05) is 17.2 Å². The van der Waals surface area contributed by atoms with Crippen LogP contribution in [0.3, 0.4) is 0 Å². The van der Waals surface area contributed by atoms with Crippen LogP contribution in [-0.2, 0) is 11.3 Å².